The number of hydrogen-bond donors (Lipinski definition) is 0. The topological polar surface area (TPSA) is 159 Å². The van der Waals surface area contributed by atoms with Crippen LogP contribution in [0.15, 0.2) is 87.0 Å². The molecular weight excluding hydrogens is 628 g/mol. The molecule has 45 heavy (non-hydrogen) atoms. The predicted molar refractivity (Wildman–Crippen MR) is 163 cm³/mol. The number of furan rings is 1. The lowest BCUT2D eigenvalue weighted by molar-refractivity contribution is -0.142. The summed E-state index contributed by atoms with van der Waals surface area (Å²) >= 11 is 0. The molecule has 240 valence electrons. The summed E-state index contributed by atoms with van der Waals surface area (Å²) in [6.45, 7) is 0.120. The van der Waals surface area contributed by atoms with Crippen molar-refractivity contribution in [2.45, 2.75) is 23.3 Å². The summed E-state index contributed by atoms with van der Waals surface area (Å²) in [7, 11) is -4.39. The molecule has 0 atom stereocenters. The third kappa shape index (κ3) is 7.56. The summed E-state index contributed by atoms with van der Waals surface area (Å²) in [5.74, 6) is -0.479. The van der Waals surface area contributed by atoms with Crippen molar-refractivity contribution in [2.24, 2.45) is 0 Å². The summed E-state index contributed by atoms with van der Waals surface area (Å²) in [4.78, 5) is 24.5. The summed E-state index contributed by atoms with van der Waals surface area (Å²) in [6, 6.07) is 17.3. The van der Waals surface area contributed by atoms with E-state index in [4.69, 9.17) is 23.4 Å². The van der Waals surface area contributed by atoms with Gasteiger partial charge in [-0.25, -0.2) is 16.8 Å². The van der Waals surface area contributed by atoms with Crippen molar-refractivity contribution in [1.82, 2.24) is 4.31 Å². The van der Waals surface area contributed by atoms with Crippen LogP contribution in [0.2, 0.25) is 0 Å². The molecule has 0 unspecified atom stereocenters. The molecule has 0 fully saturated rings. The standard InChI is InChI=1S/C30H32N2O11S2/c1-5-42-30(34)20-32(45(37,38)27-13-9-24(40-3)10-14-27)22-6-15-28-21(16-22)17-25(43-28)18-31(19-29(33)41-4)44(35,36)26-11-7-23(39-2)8-12-26/h6-17H,5,18-20H2,1-4H3. The molecule has 0 aliphatic heterocycles. The van der Waals surface area contributed by atoms with Gasteiger partial charge in [-0.1, -0.05) is 0 Å². The van der Waals surface area contributed by atoms with E-state index in [9.17, 15) is 26.4 Å². The van der Waals surface area contributed by atoms with Crippen LogP contribution >= 0.6 is 0 Å². The fourth-order valence-corrected chi connectivity index (χ4v) is 7.09. The van der Waals surface area contributed by atoms with Crippen molar-refractivity contribution in [2.75, 3.05) is 45.3 Å². The first-order chi connectivity index (χ1) is 21.4. The highest BCUT2D eigenvalue weighted by molar-refractivity contribution is 7.92. The van der Waals surface area contributed by atoms with Crippen molar-refractivity contribution < 1.29 is 49.8 Å². The first kappa shape index (κ1) is 33.3. The van der Waals surface area contributed by atoms with E-state index < -0.39 is 45.1 Å². The molecule has 0 saturated carbocycles. The van der Waals surface area contributed by atoms with E-state index in [2.05, 4.69) is 0 Å². The molecule has 1 heterocycles. The van der Waals surface area contributed by atoms with Crippen LogP contribution in [0.3, 0.4) is 0 Å². The van der Waals surface area contributed by atoms with Gasteiger partial charge < -0.3 is 23.4 Å². The van der Waals surface area contributed by atoms with Gasteiger partial charge >= 0.3 is 11.9 Å². The van der Waals surface area contributed by atoms with Crippen molar-refractivity contribution in [3.05, 3.63) is 78.6 Å². The van der Waals surface area contributed by atoms with Crippen LogP contribution in [0.25, 0.3) is 11.0 Å². The Hall–Kier alpha value is -4.60. The smallest absolute Gasteiger partial charge is 0.326 e. The Morgan fingerprint density at radius 2 is 1.31 bits per heavy atom. The largest absolute Gasteiger partial charge is 0.497 e. The van der Waals surface area contributed by atoms with E-state index in [-0.39, 0.29) is 34.4 Å². The zero-order chi connectivity index (χ0) is 32.8. The van der Waals surface area contributed by atoms with Gasteiger partial charge in [-0.3, -0.25) is 13.9 Å². The zero-order valence-electron chi connectivity index (χ0n) is 25.0. The van der Waals surface area contributed by atoms with Gasteiger partial charge in [0.2, 0.25) is 10.0 Å². The summed E-state index contributed by atoms with van der Waals surface area (Å²) in [6.07, 6.45) is 0. The number of fused-ring (bicyclic) bond motifs is 1. The van der Waals surface area contributed by atoms with E-state index in [0.29, 0.717) is 22.5 Å². The maximum Gasteiger partial charge on any atom is 0.326 e. The first-order valence-electron chi connectivity index (χ1n) is 13.5. The second-order valence-electron chi connectivity index (χ2n) is 9.45. The highest BCUT2D eigenvalue weighted by Gasteiger charge is 2.30. The third-order valence-corrected chi connectivity index (χ3v) is 10.2. The van der Waals surface area contributed by atoms with Crippen LogP contribution in [0.1, 0.15) is 12.7 Å². The fraction of sp³-hybridized carbons (Fsp3) is 0.267. The number of nitrogens with zero attached hydrogens (tertiary/aromatic N) is 2. The molecule has 0 bridgehead atoms. The van der Waals surface area contributed by atoms with Gasteiger partial charge in [-0.05, 0) is 79.7 Å². The second kappa shape index (κ2) is 14.0. The van der Waals surface area contributed by atoms with Gasteiger partial charge in [0.05, 0.1) is 50.0 Å². The van der Waals surface area contributed by atoms with Crippen molar-refractivity contribution in [1.29, 1.82) is 0 Å². The molecule has 0 spiro atoms. The molecule has 4 aromatic rings. The number of benzene rings is 3. The maximum atomic E-state index is 13.7. The van der Waals surface area contributed by atoms with E-state index >= 15 is 0 Å². The SMILES string of the molecule is CCOC(=O)CN(c1ccc2oc(CN(CC(=O)OC)S(=O)(=O)c3ccc(OC)cc3)cc2c1)S(=O)(=O)c1ccc(OC)cc1. The Bertz CT molecular complexity index is 1870. The summed E-state index contributed by atoms with van der Waals surface area (Å²) in [5.41, 5.74) is 0.447. The lowest BCUT2D eigenvalue weighted by Crippen LogP contribution is -2.36. The molecule has 15 heteroatoms. The van der Waals surface area contributed by atoms with E-state index in [1.54, 1.807) is 6.92 Å². The van der Waals surface area contributed by atoms with Crippen LogP contribution in [0.5, 0.6) is 11.5 Å². The molecule has 0 aliphatic carbocycles. The van der Waals surface area contributed by atoms with Crippen molar-refractivity contribution in [3.63, 3.8) is 0 Å². The Kier molecular flexibility index (Phi) is 10.4. The predicted octanol–water partition coefficient (Wildman–Crippen LogP) is 3.57. The van der Waals surface area contributed by atoms with Gasteiger partial charge in [-0.2, -0.15) is 4.31 Å². The van der Waals surface area contributed by atoms with Crippen LogP contribution in [0.4, 0.5) is 5.69 Å². The quantitative estimate of drug-likeness (QED) is 0.182. The fourth-order valence-electron chi connectivity index (χ4n) is 4.34. The number of hydrogen-bond acceptors (Lipinski definition) is 11. The summed E-state index contributed by atoms with van der Waals surface area (Å²) in [5, 5.41) is 0.418. The van der Waals surface area contributed by atoms with Gasteiger partial charge in [0, 0.05) is 5.39 Å². The number of rotatable bonds is 14. The van der Waals surface area contributed by atoms with Crippen molar-refractivity contribution >= 4 is 48.6 Å². The molecular formula is C30H32N2O11S2. The lowest BCUT2D eigenvalue weighted by atomic mass is 10.2. The number of carbonyl (C=O) groups excluding carboxylic acids is 2. The second-order valence-corrected chi connectivity index (χ2v) is 13.3. The average molecular weight is 661 g/mol. The monoisotopic (exact) mass is 660 g/mol. The minimum Gasteiger partial charge on any atom is -0.497 e. The molecule has 0 aliphatic rings. The number of carbonyl (C=O) groups is 2. The molecule has 0 N–H and O–H groups in total. The minimum atomic E-state index is -4.25. The Balaban J connectivity index is 1.71. The highest BCUT2D eigenvalue weighted by Crippen LogP contribution is 2.31. The molecule has 13 nitrogen and oxygen atoms in total. The third-order valence-electron chi connectivity index (χ3n) is 6.63. The number of sulfonamides is 2. The van der Waals surface area contributed by atoms with E-state index in [1.165, 1.54) is 87.0 Å². The average Bonchev–Trinajstić information content (AvgIpc) is 3.45. The van der Waals surface area contributed by atoms with Gasteiger partial charge in [0.1, 0.15) is 35.9 Å². The lowest BCUT2D eigenvalue weighted by Gasteiger charge is -2.23. The zero-order valence-corrected chi connectivity index (χ0v) is 26.6. The normalized spacial score (nSPS) is 11.8. The number of ether oxygens (including phenoxy) is 4. The van der Waals surface area contributed by atoms with Crippen LogP contribution in [-0.4, -0.2) is 74.1 Å². The van der Waals surface area contributed by atoms with E-state index in [1.807, 2.05) is 0 Å². The van der Waals surface area contributed by atoms with Crippen LogP contribution in [-0.2, 0) is 45.7 Å². The van der Waals surface area contributed by atoms with Gasteiger partial charge in [-0.15, -0.1) is 0 Å². The molecule has 1 aromatic heterocycles. The summed E-state index contributed by atoms with van der Waals surface area (Å²) < 4.78 is 82.1. The first-order valence-corrected chi connectivity index (χ1v) is 16.4. The maximum absolute atomic E-state index is 13.7. The molecule has 0 radical (unpaired) electrons. The number of esters is 2. The van der Waals surface area contributed by atoms with Crippen LogP contribution < -0.4 is 13.8 Å². The Morgan fingerprint density at radius 3 is 1.84 bits per heavy atom. The number of anilines is 1. The number of methoxy groups -OCH3 is 3. The van der Waals surface area contributed by atoms with Gasteiger partial charge in [0.15, 0.2) is 0 Å². The molecule has 0 saturated heterocycles. The molecule has 0 amide bonds. The Labute approximate surface area is 260 Å². The van der Waals surface area contributed by atoms with E-state index in [0.717, 1.165) is 15.7 Å². The Morgan fingerprint density at radius 1 is 0.733 bits per heavy atom. The van der Waals surface area contributed by atoms with Crippen molar-refractivity contribution in [3.8, 4) is 11.5 Å². The highest BCUT2D eigenvalue weighted by atomic mass is 32.2. The minimum absolute atomic E-state index is 0.0564. The van der Waals surface area contributed by atoms with Crippen LogP contribution in [0, 0.1) is 0 Å². The molecule has 4 rings (SSSR count). The van der Waals surface area contributed by atoms with Gasteiger partial charge in [0.25, 0.3) is 10.0 Å². The molecule has 3 aromatic carbocycles.